The number of nitrogens with zero attached hydrogens (tertiary/aromatic N) is 2. The lowest BCUT2D eigenvalue weighted by molar-refractivity contribution is 0.0516. The van der Waals surface area contributed by atoms with Crippen molar-refractivity contribution < 1.29 is 19.2 Å². The molecule has 0 N–H and O–H groups in total. The molecule has 0 radical (unpaired) electrons. The fraction of sp³-hybridized carbons (Fsp3) is 0.410. The highest BCUT2D eigenvalue weighted by atomic mass is 32.1. The number of fused-ring (bicyclic) bond motifs is 2. The van der Waals surface area contributed by atoms with Crippen LogP contribution in [0.5, 0.6) is 0 Å². The summed E-state index contributed by atoms with van der Waals surface area (Å²) in [7, 11) is 0. The second kappa shape index (κ2) is 28.3. The first-order chi connectivity index (χ1) is 43.1. The molecule has 2 aliphatic rings. The van der Waals surface area contributed by atoms with E-state index in [1.54, 1.807) is 4.90 Å². The molecule has 88 heavy (non-hydrogen) atoms. The number of rotatable bonds is 32. The summed E-state index contributed by atoms with van der Waals surface area (Å²) in [5.41, 5.74) is 6.59. The third kappa shape index (κ3) is 12.4. The van der Waals surface area contributed by atoms with Crippen molar-refractivity contribution in [2.24, 2.45) is 0 Å². The maximum absolute atomic E-state index is 14.9. The van der Waals surface area contributed by atoms with E-state index in [1.807, 2.05) is 106 Å². The quantitative estimate of drug-likeness (QED) is 0.0182. The highest BCUT2D eigenvalue weighted by Gasteiger charge is 2.40. The molecule has 2 aliphatic heterocycles. The van der Waals surface area contributed by atoms with Crippen LogP contribution in [0.2, 0.25) is 0 Å². The average Bonchev–Trinajstić information content (AvgIpc) is 0.899. The van der Waals surface area contributed by atoms with Gasteiger partial charge in [-0.05, 0) is 167 Å². The van der Waals surface area contributed by atoms with E-state index >= 15 is 0 Å². The number of carbonyl (C=O) groups is 4. The van der Waals surface area contributed by atoms with Gasteiger partial charge in [0.05, 0.1) is 5.69 Å². The molecule has 6 heterocycles. The number of carbonyl (C=O) groups excluding carboxylic acids is 4. The largest absolute Gasteiger partial charge is 0.271 e. The molecule has 0 spiro atoms. The van der Waals surface area contributed by atoms with Gasteiger partial charge in [0.15, 0.2) is 0 Å². The van der Waals surface area contributed by atoms with Gasteiger partial charge in [0.25, 0.3) is 23.6 Å². The topological polar surface area (TPSA) is 74.8 Å². The molecule has 4 aromatic heterocycles. The van der Waals surface area contributed by atoms with E-state index in [4.69, 9.17) is 0 Å². The number of aryl methyl sites for hydroxylation is 3. The van der Waals surface area contributed by atoms with Crippen LogP contribution in [0, 0.1) is 6.92 Å². The van der Waals surface area contributed by atoms with Gasteiger partial charge < -0.3 is 0 Å². The standard InChI is InChI=1S/C78H86N2O4S4/c1-6-10-14-18-20-22-26-30-54(31-27-23-21-19-15-11-7-2)79-75(81)60-40-36-56-58-38-42-62-72-63(43-39-59(70(58)72)57-37-41-61(76(79)82)71(60)69(56)57)78(84)80(77(62)83)55-34-32-51(33-35-55)68-49-53(29-25-17-13-9-4)74(88-68)67-47-45-65(87-67)64-44-46-66(86-64)73-52(48-50(5)85-73)28-24-16-12-8-3/h32-49,54H,6-31H2,1-5H3. The Morgan fingerprint density at radius 1 is 0.352 bits per heavy atom. The summed E-state index contributed by atoms with van der Waals surface area (Å²) >= 11 is 7.58. The molecule has 0 unspecified atom stereocenters. The number of benzene rings is 6. The average molecular weight is 1240 g/mol. The van der Waals surface area contributed by atoms with Crippen molar-refractivity contribution in [2.45, 2.75) is 208 Å². The third-order valence-corrected chi connectivity index (χ3v) is 24.0. The van der Waals surface area contributed by atoms with Gasteiger partial charge in [-0.25, -0.2) is 4.90 Å². The minimum Gasteiger partial charge on any atom is -0.271 e. The maximum atomic E-state index is 14.9. The maximum Gasteiger partial charge on any atom is 0.265 e. The van der Waals surface area contributed by atoms with E-state index in [0.29, 0.717) is 38.7 Å². The molecule has 6 nitrogen and oxygen atoms in total. The first kappa shape index (κ1) is 61.9. The van der Waals surface area contributed by atoms with Crippen LogP contribution in [-0.2, 0) is 12.8 Å². The zero-order valence-electron chi connectivity index (χ0n) is 52.5. The molecule has 0 aliphatic carbocycles. The van der Waals surface area contributed by atoms with Gasteiger partial charge in [-0.2, -0.15) is 0 Å². The Hall–Kier alpha value is -6.30. The first-order valence-corrected chi connectivity index (χ1v) is 36.9. The fourth-order valence-electron chi connectivity index (χ4n) is 14.3. The second-order valence-electron chi connectivity index (χ2n) is 25.2. The molecule has 456 valence electrons. The molecule has 12 rings (SSSR count). The highest BCUT2D eigenvalue weighted by Crippen LogP contribution is 2.50. The molecule has 4 amide bonds. The Bertz CT molecular complexity index is 4000. The van der Waals surface area contributed by atoms with Crippen molar-refractivity contribution in [3.05, 3.63) is 147 Å². The van der Waals surface area contributed by atoms with Gasteiger partial charge >= 0.3 is 0 Å². The molecular formula is C78H86N2O4S4. The van der Waals surface area contributed by atoms with Gasteiger partial charge in [0.2, 0.25) is 0 Å². The number of unbranched alkanes of at least 4 members (excludes halogenated alkanes) is 18. The minimum atomic E-state index is -0.351. The molecule has 0 atom stereocenters. The minimum absolute atomic E-state index is 0.142. The summed E-state index contributed by atoms with van der Waals surface area (Å²) in [6.45, 7) is 11.3. The van der Waals surface area contributed by atoms with Crippen LogP contribution in [0.4, 0.5) is 5.69 Å². The third-order valence-electron chi connectivity index (χ3n) is 19.0. The highest BCUT2D eigenvalue weighted by molar-refractivity contribution is 7.29. The SMILES string of the molecule is CCCCCCCCCC(CCCCCCCCC)N1C(=O)c2ccc3c4ccc5c6c(ccc(c7ccc(c2c37)C1=O)c64)C(=O)N(c1ccc(-c2cc(CCCCCC)c(-c3ccc(-c4ccc(-c6sc(C)cc6CCCCCC)s4)s3)s2)cc1)C5=O. The Balaban J connectivity index is 0.802. The second-order valence-corrected chi connectivity index (χ2v) is 29.7. The zero-order valence-corrected chi connectivity index (χ0v) is 55.8. The lowest BCUT2D eigenvalue weighted by atomic mass is 9.82. The smallest absolute Gasteiger partial charge is 0.265 e. The molecule has 0 fully saturated rings. The molecule has 10 aromatic rings. The number of thiophene rings is 4. The van der Waals surface area contributed by atoms with Gasteiger partial charge in [-0.1, -0.05) is 193 Å². The Labute approximate surface area is 537 Å². The molecule has 0 bridgehead atoms. The summed E-state index contributed by atoms with van der Waals surface area (Å²) in [6.07, 6.45) is 30.3. The Morgan fingerprint density at radius 2 is 0.739 bits per heavy atom. The van der Waals surface area contributed by atoms with Crippen molar-refractivity contribution in [1.29, 1.82) is 0 Å². The molecule has 0 saturated carbocycles. The number of hydrogen-bond acceptors (Lipinski definition) is 8. The van der Waals surface area contributed by atoms with Crippen LogP contribution in [0.3, 0.4) is 0 Å². The first-order valence-electron chi connectivity index (χ1n) is 33.6. The van der Waals surface area contributed by atoms with Crippen molar-refractivity contribution >= 4 is 118 Å². The Morgan fingerprint density at radius 3 is 1.19 bits per heavy atom. The predicted molar refractivity (Wildman–Crippen MR) is 378 cm³/mol. The van der Waals surface area contributed by atoms with Crippen LogP contribution in [-0.4, -0.2) is 34.6 Å². The number of amides is 4. The lowest BCUT2D eigenvalue weighted by Crippen LogP contribution is -2.47. The van der Waals surface area contributed by atoms with E-state index in [1.165, 1.54) is 164 Å². The van der Waals surface area contributed by atoms with Crippen molar-refractivity contribution in [2.75, 3.05) is 4.90 Å². The number of anilines is 1. The summed E-state index contributed by atoms with van der Waals surface area (Å²) < 4.78 is 0. The summed E-state index contributed by atoms with van der Waals surface area (Å²) in [4.78, 5) is 73.3. The van der Waals surface area contributed by atoms with Crippen molar-refractivity contribution in [3.8, 4) is 39.7 Å². The zero-order chi connectivity index (χ0) is 60.8. The van der Waals surface area contributed by atoms with E-state index in [0.717, 1.165) is 95.7 Å². The van der Waals surface area contributed by atoms with Crippen LogP contribution in [0.15, 0.2) is 109 Å². The van der Waals surface area contributed by atoms with Crippen LogP contribution < -0.4 is 4.90 Å². The van der Waals surface area contributed by atoms with Gasteiger partial charge in [0, 0.05) is 78.1 Å². The molecular weight excluding hydrogens is 1160 g/mol. The summed E-state index contributed by atoms with van der Waals surface area (Å²) in [5, 5.41) is 6.72. The fourth-order valence-corrected chi connectivity index (χ4v) is 19.0. The Kier molecular flexibility index (Phi) is 19.9. The van der Waals surface area contributed by atoms with E-state index in [2.05, 4.69) is 83.1 Å². The van der Waals surface area contributed by atoms with Crippen molar-refractivity contribution in [1.82, 2.24) is 4.90 Å². The molecule has 6 aromatic carbocycles. The van der Waals surface area contributed by atoms with E-state index < -0.39 is 0 Å². The van der Waals surface area contributed by atoms with Crippen LogP contribution >= 0.6 is 45.3 Å². The van der Waals surface area contributed by atoms with Crippen LogP contribution in [0.1, 0.15) is 239 Å². The van der Waals surface area contributed by atoms with Crippen LogP contribution in [0.25, 0.3) is 82.8 Å². The molecule has 10 heteroatoms. The molecule has 0 saturated heterocycles. The summed E-state index contributed by atoms with van der Waals surface area (Å²) in [5.74, 6) is -1.09. The van der Waals surface area contributed by atoms with E-state index in [9.17, 15) is 19.2 Å². The normalized spacial score (nSPS) is 13.5. The van der Waals surface area contributed by atoms with Gasteiger partial charge in [0.1, 0.15) is 0 Å². The monoisotopic (exact) mass is 1240 g/mol. The van der Waals surface area contributed by atoms with Gasteiger partial charge in [-0.15, -0.1) is 45.3 Å². The lowest BCUT2D eigenvalue weighted by Gasteiger charge is -2.35. The number of hydrogen-bond donors (Lipinski definition) is 0. The van der Waals surface area contributed by atoms with Crippen molar-refractivity contribution in [3.63, 3.8) is 0 Å². The predicted octanol–water partition coefficient (Wildman–Crippen LogP) is 24.3. The number of imide groups is 2. The van der Waals surface area contributed by atoms with E-state index in [-0.39, 0.29) is 29.7 Å². The summed E-state index contributed by atoms with van der Waals surface area (Å²) in [6, 6.07) is 37.6. The van der Waals surface area contributed by atoms with Gasteiger partial charge in [-0.3, -0.25) is 24.1 Å².